The van der Waals surface area contributed by atoms with Gasteiger partial charge in [-0.1, -0.05) is 48.5 Å². The zero-order chi connectivity index (χ0) is 19.9. The largest absolute Gasteiger partial charge is 0.469 e. The lowest BCUT2D eigenvalue weighted by atomic mass is 10.1. The fourth-order valence-electron chi connectivity index (χ4n) is 2.93. The third-order valence-electron chi connectivity index (χ3n) is 4.49. The summed E-state index contributed by atoms with van der Waals surface area (Å²) in [5.41, 5.74) is 0.751. The van der Waals surface area contributed by atoms with E-state index in [9.17, 15) is 14.4 Å². The maximum Gasteiger partial charge on any atom is 0.349 e. The van der Waals surface area contributed by atoms with Crippen LogP contribution in [0.5, 0.6) is 0 Å². The summed E-state index contributed by atoms with van der Waals surface area (Å²) in [7, 11) is 1.30. The summed E-state index contributed by atoms with van der Waals surface area (Å²) in [5.74, 6) is -0.873. The Bertz CT molecular complexity index is 1030. The number of methoxy groups -OCH3 is 1. The first-order chi connectivity index (χ1) is 13.6. The highest BCUT2D eigenvalue weighted by atomic mass is 16.5. The highest BCUT2D eigenvalue weighted by Gasteiger charge is 2.21. The summed E-state index contributed by atoms with van der Waals surface area (Å²) in [6.45, 7) is 0.525. The number of hydrogen-bond donors (Lipinski definition) is 0. The molecule has 0 aliphatic carbocycles. The van der Waals surface area contributed by atoms with Crippen molar-refractivity contribution < 1.29 is 18.7 Å². The summed E-state index contributed by atoms with van der Waals surface area (Å²) < 4.78 is 9.95. The van der Waals surface area contributed by atoms with Gasteiger partial charge in [-0.15, -0.1) is 0 Å². The highest BCUT2D eigenvalue weighted by molar-refractivity contribution is 5.96. The van der Waals surface area contributed by atoms with Crippen molar-refractivity contribution in [3.8, 4) is 0 Å². The number of ether oxygens (including phenoxy) is 1. The van der Waals surface area contributed by atoms with Crippen LogP contribution in [0.1, 0.15) is 22.3 Å². The number of carbonyl (C=O) groups is 2. The molecule has 0 atom stereocenters. The molecule has 0 bridgehead atoms. The molecule has 0 unspecified atom stereocenters. The van der Waals surface area contributed by atoms with Crippen LogP contribution in [-0.4, -0.2) is 37.0 Å². The second-order valence-corrected chi connectivity index (χ2v) is 6.34. The van der Waals surface area contributed by atoms with E-state index in [0.717, 1.165) is 5.56 Å². The van der Waals surface area contributed by atoms with Crippen LogP contribution in [0.4, 0.5) is 0 Å². The van der Waals surface area contributed by atoms with Crippen molar-refractivity contribution in [1.82, 2.24) is 4.90 Å². The molecule has 0 saturated heterocycles. The standard InChI is InChI=1S/C22H21NO5/c1-27-20(24)12-14-23(13-11-16-7-3-2-4-8-16)21(25)18-15-17-9-5-6-10-19(17)28-22(18)26/h2-10,15H,11-14H2,1H3. The van der Waals surface area contributed by atoms with Crippen molar-refractivity contribution in [3.05, 3.63) is 82.2 Å². The van der Waals surface area contributed by atoms with Crippen molar-refractivity contribution in [2.24, 2.45) is 0 Å². The average Bonchev–Trinajstić information content (AvgIpc) is 2.73. The first kappa shape index (κ1) is 19.4. The van der Waals surface area contributed by atoms with E-state index in [1.54, 1.807) is 24.3 Å². The van der Waals surface area contributed by atoms with Crippen LogP contribution in [0.15, 0.2) is 69.9 Å². The summed E-state index contributed by atoms with van der Waals surface area (Å²) in [6.07, 6.45) is 0.655. The average molecular weight is 379 g/mol. The number of benzene rings is 2. The molecule has 0 aliphatic heterocycles. The molecule has 2 aromatic carbocycles. The Hall–Kier alpha value is -3.41. The maximum atomic E-state index is 13.0. The van der Waals surface area contributed by atoms with E-state index >= 15 is 0 Å². The third-order valence-corrected chi connectivity index (χ3v) is 4.49. The van der Waals surface area contributed by atoms with Gasteiger partial charge in [-0.05, 0) is 24.1 Å². The fraction of sp³-hybridized carbons (Fsp3) is 0.227. The number of carbonyl (C=O) groups excluding carboxylic acids is 2. The van der Waals surface area contributed by atoms with Crippen LogP contribution in [0.2, 0.25) is 0 Å². The summed E-state index contributed by atoms with van der Waals surface area (Å²) in [5, 5.41) is 0.668. The van der Waals surface area contributed by atoms with Crippen molar-refractivity contribution in [2.45, 2.75) is 12.8 Å². The molecule has 1 aromatic heterocycles. The Morgan fingerprint density at radius 2 is 1.71 bits per heavy atom. The topological polar surface area (TPSA) is 76.8 Å². The molecule has 1 amide bonds. The predicted molar refractivity (Wildman–Crippen MR) is 105 cm³/mol. The van der Waals surface area contributed by atoms with Gasteiger partial charge in [0.05, 0.1) is 13.5 Å². The second-order valence-electron chi connectivity index (χ2n) is 6.34. The van der Waals surface area contributed by atoms with E-state index in [1.165, 1.54) is 18.1 Å². The van der Waals surface area contributed by atoms with Gasteiger partial charge in [-0.25, -0.2) is 4.79 Å². The van der Waals surface area contributed by atoms with Crippen molar-refractivity contribution >= 4 is 22.8 Å². The van der Waals surface area contributed by atoms with Crippen LogP contribution in [-0.2, 0) is 16.0 Å². The summed E-state index contributed by atoms with van der Waals surface area (Å²) in [4.78, 5) is 38.4. The Morgan fingerprint density at radius 1 is 1.00 bits per heavy atom. The molecule has 1 heterocycles. The van der Waals surface area contributed by atoms with E-state index in [2.05, 4.69) is 4.74 Å². The molecule has 0 radical (unpaired) electrons. The van der Waals surface area contributed by atoms with Gasteiger partial charge in [0.15, 0.2) is 0 Å². The normalized spacial score (nSPS) is 10.6. The van der Waals surface area contributed by atoms with E-state index < -0.39 is 17.5 Å². The minimum absolute atomic E-state index is 0.0448. The second kappa shape index (κ2) is 8.99. The molecule has 0 saturated carbocycles. The Kier molecular flexibility index (Phi) is 6.22. The first-order valence-corrected chi connectivity index (χ1v) is 9.01. The quantitative estimate of drug-likeness (QED) is 0.466. The Morgan fingerprint density at radius 3 is 2.46 bits per heavy atom. The van der Waals surface area contributed by atoms with Gasteiger partial charge in [0.1, 0.15) is 11.1 Å². The molecular weight excluding hydrogens is 358 g/mol. The van der Waals surface area contributed by atoms with E-state index in [1.807, 2.05) is 30.3 Å². The number of hydrogen-bond acceptors (Lipinski definition) is 5. The minimum atomic E-state index is -0.688. The minimum Gasteiger partial charge on any atom is -0.469 e. The van der Waals surface area contributed by atoms with Gasteiger partial charge in [-0.2, -0.15) is 0 Å². The predicted octanol–water partition coefficient (Wildman–Crippen LogP) is 3.04. The maximum absolute atomic E-state index is 13.0. The zero-order valence-electron chi connectivity index (χ0n) is 15.6. The number of rotatable bonds is 7. The van der Waals surface area contributed by atoms with Gasteiger partial charge < -0.3 is 14.1 Å². The van der Waals surface area contributed by atoms with Crippen molar-refractivity contribution in [1.29, 1.82) is 0 Å². The SMILES string of the molecule is COC(=O)CCN(CCc1ccccc1)C(=O)c1cc2ccccc2oc1=O. The van der Waals surface area contributed by atoms with Gasteiger partial charge >= 0.3 is 11.6 Å². The van der Waals surface area contributed by atoms with Gasteiger partial charge in [-0.3, -0.25) is 9.59 Å². The lowest BCUT2D eigenvalue weighted by Gasteiger charge is -2.22. The molecule has 144 valence electrons. The molecule has 3 rings (SSSR count). The monoisotopic (exact) mass is 379 g/mol. The van der Waals surface area contributed by atoms with Crippen LogP contribution < -0.4 is 5.63 Å². The number of esters is 1. The molecule has 0 spiro atoms. The van der Waals surface area contributed by atoms with E-state index in [0.29, 0.717) is 23.9 Å². The molecule has 6 heteroatoms. The lowest BCUT2D eigenvalue weighted by molar-refractivity contribution is -0.140. The number of fused-ring (bicyclic) bond motifs is 1. The molecule has 0 aliphatic rings. The van der Waals surface area contributed by atoms with Crippen molar-refractivity contribution in [3.63, 3.8) is 0 Å². The number of amides is 1. The van der Waals surface area contributed by atoms with Crippen LogP contribution in [0, 0.1) is 0 Å². The van der Waals surface area contributed by atoms with Crippen LogP contribution in [0.25, 0.3) is 11.0 Å². The van der Waals surface area contributed by atoms with Gasteiger partial charge in [0.2, 0.25) is 0 Å². The molecule has 0 N–H and O–H groups in total. The fourth-order valence-corrected chi connectivity index (χ4v) is 2.93. The smallest absolute Gasteiger partial charge is 0.349 e. The van der Waals surface area contributed by atoms with Gasteiger partial charge in [0, 0.05) is 18.5 Å². The summed E-state index contributed by atoms with van der Waals surface area (Å²) >= 11 is 0. The Balaban J connectivity index is 1.85. The van der Waals surface area contributed by atoms with Crippen LogP contribution >= 0.6 is 0 Å². The first-order valence-electron chi connectivity index (χ1n) is 9.01. The molecule has 0 fully saturated rings. The lowest BCUT2D eigenvalue weighted by Crippen LogP contribution is -2.37. The van der Waals surface area contributed by atoms with Crippen LogP contribution in [0.3, 0.4) is 0 Å². The summed E-state index contributed by atoms with van der Waals surface area (Å²) in [6, 6.07) is 18.3. The van der Waals surface area contributed by atoms with E-state index in [-0.39, 0.29) is 18.5 Å². The third kappa shape index (κ3) is 4.65. The Labute approximate surface area is 162 Å². The van der Waals surface area contributed by atoms with E-state index in [4.69, 9.17) is 4.42 Å². The molecular formula is C22H21NO5. The number of para-hydroxylation sites is 1. The molecule has 6 nitrogen and oxygen atoms in total. The number of nitrogens with zero attached hydrogens (tertiary/aromatic N) is 1. The highest BCUT2D eigenvalue weighted by Crippen LogP contribution is 2.14. The van der Waals surface area contributed by atoms with Crippen molar-refractivity contribution in [2.75, 3.05) is 20.2 Å². The molecule has 3 aromatic rings. The van der Waals surface area contributed by atoms with Gasteiger partial charge in [0.25, 0.3) is 5.91 Å². The molecule has 28 heavy (non-hydrogen) atoms. The zero-order valence-corrected chi connectivity index (χ0v) is 15.6.